The van der Waals surface area contributed by atoms with Gasteiger partial charge in [0.05, 0.1) is 0 Å². The van der Waals surface area contributed by atoms with Gasteiger partial charge in [-0.2, -0.15) is 0 Å². The number of rotatable bonds is 4. The molecule has 0 bridgehead atoms. The van der Waals surface area contributed by atoms with Gasteiger partial charge in [0.1, 0.15) is 10.6 Å². The Morgan fingerprint density at radius 2 is 2.05 bits per heavy atom. The molecule has 0 aliphatic rings. The molecule has 0 radical (unpaired) electrons. The second-order valence-corrected chi connectivity index (χ2v) is 4.68. The van der Waals surface area contributed by atoms with Crippen molar-refractivity contribution < 1.29 is 18.7 Å². The molecule has 1 aromatic rings. The van der Waals surface area contributed by atoms with Crippen molar-refractivity contribution in [3.8, 4) is 0 Å². The Morgan fingerprint density at radius 3 is 2.53 bits per heavy atom. The summed E-state index contributed by atoms with van der Waals surface area (Å²) in [7, 11) is 0. The van der Waals surface area contributed by atoms with Gasteiger partial charge in [-0.05, 0) is 19.4 Å². The Balaban J connectivity index is 3.33. The molecule has 0 aliphatic heterocycles. The Hall–Kier alpha value is -1.95. The highest BCUT2D eigenvalue weighted by molar-refractivity contribution is 7.14. The number of nitrogen functional groups attached to an aromatic ring is 1. The van der Waals surface area contributed by atoms with Gasteiger partial charge in [-0.1, -0.05) is 12.7 Å². The molecule has 1 heterocycles. The first-order chi connectivity index (χ1) is 8.81. The Kier molecular flexibility index (Phi) is 4.61. The van der Waals surface area contributed by atoms with Crippen LogP contribution in [0, 0.1) is 0 Å². The van der Waals surface area contributed by atoms with Gasteiger partial charge in [0.25, 0.3) is 0 Å². The van der Waals surface area contributed by atoms with Gasteiger partial charge in [-0.15, -0.1) is 11.3 Å². The van der Waals surface area contributed by atoms with E-state index < -0.39 is 17.6 Å². The third-order valence-corrected chi connectivity index (χ3v) is 3.41. The number of carboxylic acid groups (broad SMARTS) is 1. The van der Waals surface area contributed by atoms with E-state index in [1.807, 2.05) is 0 Å². The highest BCUT2D eigenvalue weighted by Gasteiger charge is 2.22. The minimum absolute atomic E-state index is 0.00782. The first kappa shape index (κ1) is 15.1. The van der Waals surface area contributed by atoms with Crippen molar-refractivity contribution in [3.05, 3.63) is 46.4 Å². The lowest BCUT2D eigenvalue weighted by Crippen LogP contribution is -2.02. The third-order valence-electron chi connectivity index (χ3n) is 2.60. The number of carboxylic acids is 1. The number of thiophene rings is 1. The maximum atomic E-state index is 13.9. The van der Waals surface area contributed by atoms with Crippen molar-refractivity contribution in [1.29, 1.82) is 0 Å². The third kappa shape index (κ3) is 2.90. The van der Waals surface area contributed by atoms with Gasteiger partial charge >= 0.3 is 5.97 Å². The van der Waals surface area contributed by atoms with Crippen molar-refractivity contribution in [2.45, 2.75) is 13.8 Å². The molecule has 0 fully saturated rings. The largest absolute Gasteiger partial charge is 0.478 e. The highest BCUT2D eigenvalue weighted by Crippen LogP contribution is 2.36. The van der Waals surface area contributed by atoms with Gasteiger partial charge in [0.15, 0.2) is 11.7 Å². The van der Waals surface area contributed by atoms with Gasteiger partial charge in [0.2, 0.25) is 0 Å². The van der Waals surface area contributed by atoms with Crippen LogP contribution in [0.3, 0.4) is 0 Å². The zero-order chi connectivity index (χ0) is 14.7. The maximum absolute atomic E-state index is 13.9. The fraction of sp³-hybridized carbons (Fsp3) is 0.154. The molecule has 3 nitrogen and oxygen atoms in total. The summed E-state index contributed by atoms with van der Waals surface area (Å²) >= 11 is 0.941. The van der Waals surface area contributed by atoms with Crippen molar-refractivity contribution in [1.82, 2.24) is 0 Å². The Labute approximate surface area is 113 Å². The van der Waals surface area contributed by atoms with E-state index in [0.717, 1.165) is 11.3 Å². The standard InChI is InChI=1S/C13H13F2NO2S/c1-4-6(2)10(14)11(15)7(3)8-5-19-12(16)9(8)13(17)18/h4-5H,3,16H2,1-2H3,(H,17,18)/b6-4-,11-10-. The molecule has 0 atom stereocenters. The van der Waals surface area contributed by atoms with Crippen LogP contribution in [-0.4, -0.2) is 11.1 Å². The molecule has 102 valence electrons. The molecule has 6 heteroatoms. The summed E-state index contributed by atoms with van der Waals surface area (Å²) in [6, 6.07) is 0. The Bertz CT molecular complexity index is 600. The second kappa shape index (κ2) is 5.79. The van der Waals surface area contributed by atoms with Gasteiger partial charge in [-0.3, -0.25) is 0 Å². The summed E-state index contributed by atoms with van der Waals surface area (Å²) in [5, 5.41) is 10.4. The highest BCUT2D eigenvalue weighted by atomic mass is 32.1. The van der Waals surface area contributed by atoms with Crippen molar-refractivity contribution in [2.75, 3.05) is 5.73 Å². The molecule has 1 rings (SSSR count). The van der Waals surface area contributed by atoms with Crippen LogP contribution < -0.4 is 5.73 Å². The molecule has 0 spiro atoms. The SMILES string of the molecule is C=C(/C(F)=C(F)\C(C)=C/C)c1csc(N)c1C(=O)O. The van der Waals surface area contributed by atoms with Crippen molar-refractivity contribution >= 4 is 27.9 Å². The lowest BCUT2D eigenvalue weighted by atomic mass is 10.0. The molecule has 0 saturated carbocycles. The van der Waals surface area contributed by atoms with Crippen LogP contribution in [0.15, 0.2) is 35.3 Å². The number of hydrogen-bond acceptors (Lipinski definition) is 3. The number of halogens is 2. The number of hydrogen-bond donors (Lipinski definition) is 2. The average Bonchev–Trinajstić information content (AvgIpc) is 2.77. The predicted molar refractivity (Wildman–Crippen MR) is 73.4 cm³/mol. The average molecular weight is 285 g/mol. The molecule has 0 aliphatic carbocycles. The lowest BCUT2D eigenvalue weighted by Gasteiger charge is -2.05. The van der Waals surface area contributed by atoms with Crippen LogP contribution in [0.2, 0.25) is 0 Å². The molecular formula is C13H13F2NO2S. The summed E-state index contributed by atoms with van der Waals surface area (Å²) in [5.74, 6) is -3.55. The molecule has 1 aromatic heterocycles. The topological polar surface area (TPSA) is 63.3 Å². The van der Waals surface area contributed by atoms with Crippen LogP contribution in [0.25, 0.3) is 5.57 Å². The fourth-order valence-electron chi connectivity index (χ4n) is 1.37. The van der Waals surface area contributed by atoms with Crippen LogP contribution in [0.5, 0.6) is 0 Å². The summed E-state index contributed by atoms with van der Waals surface area (Å²) in [6.07, 6.45) is 1.41. The van der Waals surface area contributed by atoms with E-state index in [4.69, 9.17) is 10.8 Å². The first-order valence-corrected chi connectivity index (χ1v) is 6.17. The maximum Gasteiger partial charge on any atom is 0.339 e. The van der Waals surface area contributed by atoms with Crippen molar-refractivity contribution in [3.63, 3.8) is 0 Å². The predicted octanol–water partition coefficient (Wildman–Crippen LogP) is 4.16. The lowest BCUT2D eigenvalue weighted by molar-refractivity contribution is 0.0698. The van der Waals surface area contributed by atoms with E-state index in [1.54, 1.807) is 6.92 Å². The van der Waals surface area contributed by atoms with Crippen LogP contribution in [-0.2, 0) is 0 Å². The van der Waals surface area contributed by atoms with Gasteiger partial charge in [-0.25, -0.2) is 13.6 Å². The van der Waals surface area contributed by atoms with E-state index >= 15 is 0 Å². The second-order valence-electron chi connectivity index (χ2n) is 3.77. The van der Waals surface area contributed by atoms with E-state index in [-0.39, 0.29) is 27.3 Å². The van der Waals surface area contributed by atoms with Crippen LogP contribution >= 0.6 is 11.3 Å². The number of nitrogens with two attached hydrogens (primary N) is 1. The number of allylic oxidation sites excluding steroid dienone is 5. The van der Waals surface area contributed by atoms with Crippen molar-refractivity contribution in [2.24, 2.45) is 0 Å². The van der Waals surface area contributed by atoms with Crippen LogP contribution in [0.4, 0.5) is 13.8 Å². The van der Waals surface area contributed by atoms with E-state index in [9.17, 15) is 13.6 Å². The van der Waals surface area contributed by atoms with Gasteiger partial charge < -0.3 is 10.8 Å². The zero-order valence-corrected chi connectivity index (χ0v) is 11.3. The normalized spacial score (nSPS) is 13.2. The zero-order valence-electron chi connectivity index (χ0n) is 10.5. The monoisotopic (exact) mass is 285 g/mol. The number of carbonyl (C=O) groups is 1. The van der Waals surface area contributed by atoms with E-state index in [0.29, 0.717) is 0 Å². The minimum atomic E-state index is -1.30. The quantitative estimate of drug-likeness (QED) is 0.816. The van der Waals surface area contributed by atoms with E-state index in [2.05, 4.69) is 6.58 Å². The number of aromatic carboxylic acids is 1. The molecule has 0 saturated heterocycles. The minimum Gasteiger partial charge on any atom is -0.478 e. The summed E-state index contributed by atoms with van der Waals surface area (Å²) in [5.41, 5.74) is 5.01. The fourth-order valence-corrected chi connectivity index (χ4v) is 2.19. The summed E-state index contributed by atoms with van der Waals surface area (Å²) in [6.45, 7) is 6.38. The van der Waals surface area contributed by atoms with Gasteiger partial charge in [0, 0.05) is 16.5 Å². The molecule has 3 N–H and O–H groups in total. The van der Waals surface area contributed by atoms with Crippen LogP contribution in [0.1, 0.15) is 29.8 Å². The molecular weight excluding hydrogens is 272 g/mol. The van der Waals surface area contributed by atoms with E-state index in [1.165, 1.54) is 18.4 Å². The molecule has 19 heavy (non-hydrogen) atoms. The summed E-state index contributed by atoms with van der Waals surface area (Å²) < 4.78 is 27.6. The smallest absolute Gasteiger partial charge is 0.339 e. The molecule has 0 unspecified atom stereocenters. The first-order valence-electron chi connectivity index (χ1n) is 5.29. The molecule has 0 aromatic carbocycles. The summed E-state index contributed by atoms with van der Waals surface area (Å²) in [4.78, 5) is 11.0. The molecule has 0 amide bonds. The Morgan fingerprint density at radius 1 is 1.47 bits per heavy atom. The number of anilines is 1.